The Morgan fingerprint density at radius 2 is 2.06 bits per heavy atom. The van der Waals surface area contributed by atoms with E-state index in [0.29, 0.717) is 6.10 Å². The standard InChI is InChI=1S/C12H12BrN3O/c13-9-5-15-16(8-9)10-1-3-11(4-2-10)17-12-6-14-7-12/h1-5,8,12,14H,6-7H2. The van der Waals surface area contributed by atoms with Crippen LogP contribution in [0.4, 0.5) is 0 Å². The summed E-state index contributed by atoms with van der Waals surface area (Å²) in [5.41, 5.74) is 1.02. The van der Waals surface area contributed by atoms with E-state index in [1.807, 2.05) is 35.1 Å². The Bertz CT molecular complexity index is 505. The summed E-state index contributed by atoms with van der Waals surface area (Å²) in [5, 5.41) is 7.40. The molecule has 1 aliphatic heterocycles. The van der Waals surface area contributed by atoms with Gasteiger partial charge >= 0.3 is 0 Å². The molecule has 0 bridgehead atoms. The second-order valence-corrected chi connectivity index (χ2v) is 4.91. The predicted octanol–water partition coefficient (Wildman–Crippen LogP) is 1.99. The van der Waals surface area contributed by atoms with Gasteiger partial charge in [0.1, 0.15) is 11.9 Å². The normalized spacial score (nSPS) is 15.6. The quantitative estimate of drug-likeness (QED) is 0.941. The van der Waals surface area contributed by atoms with Crippen LogP contribution in [0.15, 0.2) is 41.1 Å². The van der Waals surface area contributed by atoms with Gasteiger partial charge in [-0.3, -0.25) is 0 Å². The van der Waals surface area contributed by atoms with Crippen LogP contribution in [0, 0.1) is 0 Å². The van der Waals surface area contributed by atoms with Crippen LogP contribution in [0.25, 0.3) is 5.69 Å². The zero-order valence-electron chi connectivity index (χ0n) is 9.14. The summed E-state index contributed by atoms with van der Waals surface area (Å²) in [7, 11) is 0. The number of halogens is 1. The minimum atomic E-state index is 0.319. The van der Waals surface area contributed by atoms with Crippen LogP contribution in [-0.4, -0.2) is 29.0 Å². The number of ether oxygens (including phenoxy) is 1. The van der Waals surface area contributed by atoms with E-state index < -0.39 is 0 Å². The van der Waals surface area contributed by atoms with Crippen molar-refractivity contribution in [3.05, 3.63) is 41.1 Å². The average Bonchev–Trinajstić information content (AvgIpc) is 2.71. The maximum absolute atomic E-state index is 5.74. The van der Waals surface area contributed by atoms with Crippen LogP contribution in [0.3, 0.4) is 0 Å². The first-order valence-electron chi connectivity index (χ1n) is 5.49. The van der Waals surface area contributed by atoms with E-state index in [1.165, 1.54) is 0 Å². The van der Waals surface area contributed by atoms with Gasteiger partial charge in [0, 0.05) is 19.3 Å². The number of nitrogens with zero attached hydrogens (tertiary/aromatic N) is 2. The van der Waals surface area contributed by atoms with Gasteiger partial charge in [-0.25, -0.2) is 4.68 Å². The van der Waals surface area contributed by atoms with Crippen LogP contribution in [-0.2, 0) is 0 Å². The molecule has 1 saturated heterocycles. The molecule has 0 spiro atoms. The Kier molecular flexibility index (Phi) is 2.86. The summed E-state index contributed by atoms with van der Waals surface area (Å²) in [6.07, 6.45) is 4.01. The number of nitrogens with one attached hydrogen (secondary N) is 1. The van der Waals surface area contributed by atoms with Crippen molar-refractivity contribution in [2.45, 2.75) is 6.10 Å². The van der Waals surface area contributed by atoms with E-state index in [1.54, 1.807) is 6.20 Å². The zero-order valence-corrected chi connectivity index (χ0v) is 10.7. The lowest BCUT2D eigenvalue weighted by atomic mass is 10.2. The zero-order chi connectivity index (χ0) is 11.7. The van der Waals surface area contributed by atoms with Gasteiger partial charge in [0.2, 0.25) is 0 Å². The molecule has 1 fully saturated rings. The summed E-state index contributed by atoms with van der Waals surface area (Å²) in [4.78, 5) is 0. The number of hydrogen-bond acceptors (Lipinski definition) is 3. The van der Waals surface area contributed by atoms with Gasteiger partial charge in [0.25, 0.3) is 0 Å². The van der Waals surface area contributed by atoms with Crippen LogP contribution in [0.5, 0.6) is 5.75 Å². The molecule has 1 aromatic heterocycles. The lowest BCUT2D eigenvalue weighted by molar-refractivity contribution is 0.142. The van der Waals surface area contributed by atoms with Gasteiger partial charge in [-0.1, -0.05) is 0 Å². The summed E-state index contributed by atoms with van der Waals surface area (Å²) in [6.45, 7) is 1.88. The summed E-state index contributed by atoms with van der Waals surface area (Å²) < 4.78 is 8.53. The van der Waals surface area contributed by atoms with Crippen LogP contribution in [0.2, 0.25) is 0 Å². The molecule has 0 saturated carbocycles. The van der Waals surface area contributed by atoms with Crippen molar-refractivity contribution >= 4 is 15.9 Å². The van der Waals surface area contributed by atoms with Crippen molar-refractivity contribution < 1.29 is 4.74 Å². The Hall–Kier alpha value is -1.33. The van der Waals surface area contributed by atoms with Crippen molar-refractivity contribution in [2.75, 3.05) is 13.1 Å². The van der Waals surface area contributed by atoms with Crippen molar-refractivity contribution in [3.63, 3.8) is 0 Å². The second-order valence-electron chi connectivity index (χ2n) is 4.00. The number of rotatable bonds is 3. The molecular weight excluding hydrogens is 282 g/mol. The van der Waals surface area contributed by atoms with Gasteiger partial charge in [0.15, 0.2) is 0 Å². The maximum atomic E-state index is 5.74. The molecule has 17 heavy (non-hydrogen) atoms. The van der Waals surface area contributed by atoms with Crippen molar-refractivity contribution in [2.24, 2.45) is 0 Å². The second kappa shape index (κ2) is 4.50. The summed E-state index contributed by atoms with van der Waals surface area (Å²) in [5.74, 6) is 0.909. The molecule has 5 heteroatoms. The summed E-state index contributed by atoms with van der Waals surface area (Å²) >= 11 is 3.38. The first-order chi connectivity index (χ1) is 8.31. The fourth-order valence-electron chi connectivity index (χ4n) is 1.66. The molecule has 0 aliphatic carbocycles. The molecule has 0 amide bonds. The van der Waals surface area contributed by atoms with E-state index in [-0.39, 0.29) is 0 Å². The Morgan fingerprint density at radius 3 is 2.59 bits per heavy atom. The van der Waals surface area contributed by atoms with Gasteiger partial charge in [-0.05, 0) is 40.2 Å². The van der Waals surface area contributed by atoms with E-state index >= 15 is 0 Å². The molecule has 0 radical (unpaired) electrons. The number of aromatic nitrogens is 2. The molecule has 1 aliphatic rings. The SMILES string of the molecule is Brc1cnn(-c2ccc(OC3CNC3)cc2)c1. The van der Waals surface area contributed by atoms with Crippen molar-refractivity contribution in [1.82, 2.24) is 15.1 Å². The third-order valence-electron chi connectivity index (χ3n) is 2.70. The third kappa shape index (κ3) is 2.35. The highest BCUT2D eigenvalue weighted by Gasteiger charge is 2.17. The van der Waals surface area contributed by atoms with Gasteiger partial charge in [0.05, 0.1) is 16.4 Å². The molecule has 0 unspecified atom stereocenters. The molecule has 1 N–H and O–H groups in total. The smallest absolute Gasteiger partial charge is 0.123 e. The van der Waals surface area contributed by atoms with Gasteiger partial charge in [-0.15, -0.1) is 0 Å². The molecule has 88 valence electrons. The largest absolute Gasteiger partial charge is 0.488 e. The summed E-state index contributed by atoms with van der Waals surface area (Å²) in [6, 6.07) is 7.95. The molecule has 3 rings (SSSR count). The predicted molar refractivity (Wildman–Crippen MR) is 68.5 cm³/mol. The molecule has 2 aromatic rings. The van der Waals surface area contributed by atoms with E-state index in [0.717, 1.165) is 29.0 Å². The molecule has 2 heterocycles. The first-order valence-corrected chi connectivity index (χ1v) is 6.28. The molecular formula is C12H12BrN3O. The van der Waals surface area contributed by atoms with Crippen LogP contribution >= 0.6 is 15.9 Å². The Balaban J connectivity index is 1.75. The van der Waals surface area contributed by atoms with Gasteiger partial charge in [-0.2, -0.15) is 5.10 Å². The third-order valence-corrected chi connectivity index (χ3v) is 3.11. The monoisotopic (exact) mass is 293 g/mol. The fourth-order valence-corrected chi connectivity index (χ4v) is 1.94. The number of benzene rings is 1. The van der Waals surface area contributed by atoms with Crippen molar-refractivity contribution in [1.29, 1.82) is 0 Å². The first kappa shape index (κ1) is 10.8. The van der Waals surface area contributed by atoms with Gasteiger partial charge < -0.3 is 10.1 Å². The number of hydrogen-bond donors (Lipinski definition) is 1. The minimum Gasteiger partial charge on any atom is -0.488 e. The van der Waals surface area contributed by atoms with Crippen LogP contribution < -0.4 is 10.1 Å². The Labute approximate surface area is 108 Å². The molecule has 1 aromatic carbocycles. The van der Waals surface area contributed by atoms with E-state index in [2.05, 4.69) is 26.3 Å². The molecule has 4 nitrogen and oxygen atoms in total. The fraction of sp³-hybridized carbons (Fsp3) is 0.250. The van der Waals surface area contributed by atoms with E-state index in [9.17, 15) is 0 Å². The topological polar surface area (TPSA) is 39.1 Å². The Morgan fingerprint density at radius 1 is 1.29 bits per heavy atom. The minimum absolute atomic E-state index is 0.319. The van der Waals surface area contributed by atoms with Crippen molar-refractivity contribution in [3.8, 4) is 11.4 Å². The van der Waals surface area contributed by atoms with Crippen LogP contribution in [0.1, 0.15) is 0 Å². The maximum Gasteiger partial charge on any atom is 0.123 e. The highest BCUT2D eigenvalue weighted by Crippen LogP contribution is 2.18. The lowest BCUT2D eigenvalue weighted by Crippen LogP contribution is -2.50. The van der Waals surface area contributed by atoms with E-state index in [4.69, 9.17) is 4.74 Å². The lowest BCUT2D eigenvalue weighted by Gasteiger charge is -2.27. The average molecular weight is 294 g/mol. The highest BCUT2D eigenvalue weighted by atomic mass is 79.9. The highest BCUT2D eigenvalue weighted by molar-refractivity contribution is 9.10. The molecule has 0 atom stereocenters.